The van der Waals surface area contributed by atoms with Gasteiger partial charge in [0.2, 0.25) is 5.91 Å². The number of carbonyl (C=O) groups is 3. The van der Waals surface area contributed by atoms with Gasteiger partial charge in [-0.25, -0.2) is 4.79 Å². The zero-order valence-corrected chi connectivity index (χ0v) is 14.3. The smallest absolute Gasteiger partial charge is 0.320 e. The lowest BCUT2D eigenvalue weighted by Gasteiger charge is -2.34. The van der Waals surface area contributed by atoms with Crippen molar-refractivity contribution in [3.8, 4) is 0 Å². The van der Waals surface area contributed by atoms with E-state index >= 15 is 0 Å². The summed E-state index contributed by atoms with van der Waals surface area (Å²) in [5.74, 6) is -2.00. The van der Waals surface area contributed by atoms with Gasteiger partial charge in [-0.1, -0.05) is 6.92 Å². The van der Waals surface area contributed by atoms with Crippen LogP contribution in [0.2, 0.25) is 0 Å². The molecule has 0 spiro atoms. The van der Waals surface area contributed by atoms with Crippen molar-refractivity contribution >= 4 is 17.9 Å². The minimum atomic E-state index is -1.02. The predicted octanol–water partition coefficient (Wildman–Crippen LogP) is 0.0752. The van der Waals surface area contributed by atoms with Crippen LogP contribution in [0.3, 0.4) is 0 Å². The number of urea groups is 1. The molecule has 0 bridgehead atoms. The summed E-state index contributed by atoms with van der Waals surface area (Å²) < 4.78 is 0. The summed E-state index contributed by atoms with van der Waals surface area (Å²) in [5.41, 5.74) is 6.05. The minimum Gasteiger partial charge on any atom is -0.481 e. The zero-order chi connectivity index (χ0) is 17.7. The Morgan fingerprint density at radius 3 is 2.39 bits per heavy atom. The first-order chi connectivity index (χ1) is 10.7. The van der Waals surface area contributed by atoms with Crippen molar-refractivity contribution in [3.63, 3.8) is 0 Å². The number of hydrogen-bond acceptors (Lipinski definition) is 4. The molecule has 0 aromatic carbocycles. The average Bonchev–Trinajstić information content (AvgIpc) is 2.82. The maximum atomic E-state index is 12.7. The van der Waals surface area contributed by atoms with Crippen molar-refractivity contribution in [2.45, 2.75) is 52.2 Å². The van der Waals surface area contributed by atoms with Gasteiger partial charge in [0.25, 0.3) is 0 Å². The number of nitrogens with one attached hydrogen (secondary N) is 1. The third kappa shape index (κ3) is 4.34. The molecule has 1 rings (SSSR count). The normalized spacial score (nSPS) is 23.9. The molecule has 1 aliphatic rings. The van der Waals surface area contributed by atoms with Crippen LogP contribution >= 0.6 is 0 Å². The molecular weight excluding hydrogens is 300 g/mol. The summed E-state index contributed by atoms with van der Waals surface area (Å²) in [5, 5.41) is 12.0. The van der Waals surface area contributed by atoms with Crippen molar-refractivity contribution in [1.82, 2.24) is 15.1 Å². The average molecular weight is 328 g/mol. The molecule has 132 valence electrons. The Hall–Kier alpha value is -1.83. The number of carboxylic acid groups (broad SMARTS) is 1. The molecule has 1 saturated heterocycles. The molecule has 0 aromatic heterocycles. The van der Waals surface area contributed by atoms with E-state index in [4.69, 9.17) is 5.73 Å². The minimum absolute atomic E-state index is 0.00140. The van der Waals surface area contributed by atoms with E-state index in [0.717, 1.165) is 0 Å². The predicted molar refractivity (Wildman–Crippen MR) is 85.8 cm³/mol. The second-order valence-electron chi connectivity index (χ2n) is 6.06. The molecule has 0 radical (unpaired) electrons. The number of carbonyl (C=O) groups excluding carboxylic acids is 2. The van der Waals surface area contributed by atoms with Gasteiger partial charge in [0.1, 0.15) is 0 Å². The first kappa shape index (κ1) is 19.2. The molecule has 4 N–H and O–H groups in total. The van der Waals surface area contributed by atoms with Crippen molar-refractivity contribution < 1.29 is 19.5 Å². The molecule has 0 unspecified atom stereocenters. The summed E-state index contributed by atoms with van der Waals surface area (Å²) in [6.07, 6.45) is 0.325. The van der Waals surface area contributed by atoms with Crippen LogP contribution in [-0.4, -0.2) is 70.6 Å². The molecule has 0 aliphatic carbocycles. The molecule has 1 heterocycles. The monoisotopic (exact) mass is 328 g/mol. The lowest BCUT2D eigenvalue weighted by molar-refractivity contribution is -0.141. The maximum absolute atomic E-state index is 12.7. The van der Waals surface area contributed by atoms with Crippen LogP contribution in [0.5, 0.6) is 0 Å². The molecule has 0 saturated carbocycles. The number of rotatable bonds is 6. The van der Waals surface area contributed by atoms with Crippen molar-refractivity contribution in [2.24, 2.45) is 11.7 Å². The quantitative estimate of drug-likeness (QED) is 0.638. The van der Waals surface area contributed by atoms with Gasteiger partial charge >= 0.3 is 12.0 Å². The highest BCUT2D eigenvalue weighted by atomic mass is 16.4. The second kappa shape index (κ2) is 8.14. The van der Waals surface area contributed by atoms with Crippen LogP contribution in [-0.2, 0) is 9.59 Å². The van der Waals surface area contributed by atoms with Crippen molar-refractivity contribution in [1.29, 1.82) is 0 Å². The first-order valence-corrected chi connectivity index (χ1v) is 8.06. The van der Waals surface area contributed by atoms with Crippen LogP contribution in [0.15, 0.2) is 0 Å². The van der Waals surface area contributed by atoms with E-state index in [1.54, 1.807) is 11.8 Å². The van der Waals surface area contributed by atoms with Crippen LogP contribution < -0.4 is 11.1 Å². The summed E-state index contributed by atoms with van der Waals surface area (Å²) in [4.78, 5) is 38.8. The Labute approximate surface area is 137 Å². The molecule has 23 heavy (non-hydrogen) atoms. The zero-order valence-electron chi connectivity index (χ0n) is 14.3. The van der Waals surface area contributed by atoms with E-state index in [1.165, 1.54) is 4.90 Å². The summed E-state index contributed by atoms with van der Waals surface area (Å²) in [6.45, 7) is 8.15. The number of nitrogens with zero attached hydrogens (tertiary/aromatic N) is 2. The number of amides is 3. The molecule has 3 atom stereocenters. The van der Waals surface area contributed by atoms with E-state index in [0.29, 0.717) is 13.0 Å². The van der Waals surface area contributed by atoms with E-state index in [2.05, 4.69) is 5.32 Å². The Balaban J connectivity index is 2.97. The molecular formula is C15H28N4O4. The summed E-state index contributed by atoms with van der Waals surface area (Å²) in [6, 6.07) is -1.47. The van der Waals surface area contributed by atoms with E-state index < -0.39 is 24.0 Å². The molecule has 8 heteroatoms. The fourth-order valence-electron chi connectivity index (χ4n) is 2.88. The highest BCUT2D eigenvalue weighted by Crippen LogP contribution is 2.24. The SMILES string of the molecule is CCC(=O)NC[C@@H]1[C@@H](N)[C@@H](C(=O)O)CN1C(=O)N(CC)C(C)C. The molecule has 0 aromatic rings. The van der Waals surface area contributed by atoms with Crippen LogP contribution in [0.1, 0.15) is 34.1 Å². The third-order valence-corrected chi connectivity index (χ3v) is 4.30. The topological polar surface area (TPSA) is 116 Å². The molecule has 8 nitrogen and oxygen atoms in total. The number of nitrogens with two attached hydrogens (primary N) is 1. The number of aliphatic carboxylic acids is 1. The van der Waals surface area contributed by atoms with Crippen molar-refractivity contribution in [3.05, 3.63) is 0 Å². The highest BCUT2D eigenvalue weighted by molar-refractivity contribution is 5.79. The summed E-state index contributed by atoms with van der Waals surface area (Å²) >= 11 is 0. The van der Waals surface area contributed by atoms with E-state index in [1.807, 2.05) is 20.8 Å². The van der Waals surface area contributed by atoms with Gasteiger partial charge in [-0.2, -0.15) is 0 Å². The number of likely N-dealkylation sites (tertiary alicyclic amines) is 1. The van der Waals surface area contributed by atoms with Gasteiger partial charge in [-0.3, -0.25) is 9.59 Å². The third-order valence-electron chi connectivity index (χ3n) is 4.30. The van der Waals surface area contributed by atoms with E-state index in [-0.39, 0.29) is 31.1 Å². The molecule has 3 amide bonds. The lowest BCUT2D eigenvalue weighted by Crippen LogP contribution is -2.54. The Morgan fingerprint density at radius 2 is 1.96 bits per heavy atom. The highest BCUT2D eigenvalue weighted by Gasteiger charge is 2.46. The standard InChI is InChI=1S/C15H28N4O4/c1-5-12(20)17-7-11-13(16)10(14(21)22)8-19(11)15(23)18(6-2)9(3)4/h9-11,13H,5-8,16H2,1-4H3,(H,17,20)(H,21,22)/t10-,11+,13-/m0/s1. The Kier molecular flexibility index (Phi) is 6.80. The van der Waals surface area contributed by atoms with Crippen LogP contribution in [0.4, 0.5) is 4.79 Å². The van der Waals surface area contributed by atoms with Gasteiger partial charge in [-0.05, 0) is 20.8 Å². The number of carboxylic acids is 1. The first-order valence-electron chi connectivity index (χ1n) is 8.06. The van der Waals surface area contributed by atoms with Gasteiger partial charge < -0.3 is 26.0 Å². The maximum Gasteiger partial charge on any atom is 0.320 e. The van der Waals surface area contributed by atoms with Crippen LogP contribution in [0.25, 0.3) is 0 Å². The lowest BCUT2D eigenvalue weighted by atomic mass is 10.00. The fraction of sp³-hybridized carbons (Fsp3) is 0.800. The van der Waals surface area contributed by atoms with Gasteiger partial charge in [-0.15, -0.1) is 0 Å². The van der Waals surface area contributed by atoms with Gasteiger partial charge in [0, 0.05) is 38.1 Å². The Bertz CT molecular complexity index is 455. The molecule has 1 fully saturated rings. The Morgan fingerprint density at radius 1 is 1.35 bits per heavy atom. The van der Waals surface area contributed by atoms with Crippen molar-refractivity contribution in [2.75, 3.05) is 19.6 Å². The van der Waals surface area contributed by atoms with Gasteiger partial charge in [0.05, 0.1) is 12.0 Å². The fourth-order valence-corrected chi connectivity index (χ4v) is 2.88. The van der Waals surface area contributed by atoms with E-state index in [9.17, 15) is 19.5 Å². The summed E-state index contributed by atoms with van der Waals surface area (Å²) in [7, 11) is 0. The largest absolute Gasteiger partial charge is 0.481 e. The number of hydrogen-bond donors (Lipinski definition) is 3. The van der Waals surface area contributed by atoms with Gasteiger partial charge in [0.15, 0.2) is 0 Å². The van der Waals surface area contributed by atoms with Crippen LogP contribution in [0, 0.1) is 5.92 Å². The molecule has 1 aliphatic heterocycles. The second-order valence-corrected chi connectivity index (χ2v) is 6.06.